The van der Waals surface area contributed by atoms with Gasteiger partial charge in [-0.3, -0.25) is 4.79 Å². The maximum Gasteiger partial charge on any atom is 0.196 e. The Morgan fingerprint density at radius 1 is 0.833 bits per heavy atom. The Morgan fingerprint density at radius 3 is 2.17 bits per heavy atom. The number of rotatable bonds is 3. The highest BCUT2D eigenvalue weighted by Gasteiger charge is 2.20. The normalized spacial score (nSPS) is 11.7. The molecular formula is C22H13Cl3O3S2. The largest absolute Gasteiger partial charge is 0.288 e. The van der Waals surface area contributed by atoms with E-state index in [2.05, 4.69) is 0 Å². The molecule has 0 bridgehead atoms. The minimum absolute atomic E-state index is 0.173. The molecule has 0 unspecified atom stereocenters. The highest BCUT2D eigenvalue weighted by molar-refractivity contribution is 7.90. The lowest BCUT2D eigenvalue weighted by atomic mass is 10.00. The van der Waals surface area contributed by atoms with Crippen molar-refractivity contribution in [3.8, 4) is 21.6 Å². The molecule has 0 amide bonds. The molecule has 1 heterocycles. The summed E-state index contributed by atoms with van der Waals surface area (Å²) in [5.41, 5.74) is 1.38. The summed E-state index contributed by atoms with van der Waals surface area (Å²) in [7, 11) is -3.34. The molecule has 0 fully saturated rings. The molecule has 1 aromatic heterocycles. The maximum atomic E-state index is 13.5. The minimum atomic E-state index is -3.34. The molecule has 0 saturated carbocycles. The molecule has 4 aromatic rings. The predicted octanol–water partition coefficient (Wildman–Crippen LogP) is 6.96. The van der Waals surface area contributed by atoms with Gasteiger partial charge in [-0.15, -0.1) is 11.3 Å². The first kappa shape index (κ1) is 21.3. The van der Waals surface area contributed by atoms with Crippen molar-refractivity contribution in [1.82, 2.24) is 0 Å². The van der Waals surface area contributed by atoms with Crippen molar-refractivity contribution in [2.24, 2.45) is 0 Å². The minimum Gasteiger partial charge on any atom is -0.288 e. The molecule has 0 radical (unpaired) electrons. The second-order valence-corrected chi connectivity index (χ2v) is 10.9. The third-order valence-corrected chi connectivity index (χ3v) is 8.29. The van der Waals surface area contributed by atoms with E-state index in [0.29, 0.717) is 32.0 Å². The van der Waals surface area contributed by atoms with Gasteiger partial charge in [0.25, 0.3) is 0 Å². The van der Waals surface area contributed by atoms with Crippen LogP contribution in [-0.4, -0.2) is 14.7 Å². The Labute approximate surface area is 192 Å². The molecule has 0 atom stereocenters. The number of halogens is 3. The van der Waals surface area contributed by atoms with Crippen LogP contribution in [-0.2, 0) is 9.84 Å². The summed E-state index contributed by atoms with van der Waals surface area (Å²) in [4.78, 5) is 14.3. The van der Waals surface area contributed by atoms with Crippen LogP contribution < -0.4 is 5.43 Å². The lowest BCUT2D eigenvalue weighted by Gasteiger charge is -2.13. The third kappa shape index (κ3) is 3.77. The average Bonchev–Trinajstić information content (AvgIpc) is 2.72. The molecule has 3 aromatic carbocycles. The zero-order valence-electron chi connectivity index (χ0n) is 15.4. The molecule has 4 rings (SSSR count). The van der Waals surface area contributed by atoms with E-state index in [0.717, 1.165) is 11.0 Å². The fourth-order valence-electron chi connectivity index (χ4n) is 3.16. The lowest BCUT2D eigenvalue weighted by Crippen LogP contribution is -2.07. The fraction of sp³-hybridized carbons (Fsp3) is 0.0455. The molecule has 0 aliphatic rings. The van der Waals surface area contributed by atoms with Crippen molar-refractivity contribution >= 4 is 66.1 Å². The second kappa shape index (κ2) is 7.98. The van der Waals surface area contributed by atoms with E-state index in [1.165, 1.54) is 23.5 Å². The average molecular weight is 496 g/mol. The standard InChI is InChI=1S/C22H13Cl3O3S2/c1-30(27,28)13-8-6-12(7-9-13)22-18(15-10-11-16(23)20(25)19(15)24)21(26)14-4-2-3-5-17(14)29-22/h2-11H,1H3. The zero-order chi connectivity index (χ0) is 21.6. The van der Waals surface area contributed by atoms with Crippen molar-refractivity contribution in [3.63, 3.8) is 0 Å². The molecule has 0 spiro atoms. The smallest absolute Gasteiger partial charge is 0.196 e. The second-order valence-electron chi connectivity index (χ2n) is 6.65. The Bertz CT molecular complexity index is 1460. The van der Waals surface area contributed by atoms with Crippen LogP contribution >= 0.6 is 46.1 Å². The van der Waals surface area contributed by atoms with Crippen LogP contribution in [0.15, 0.2) is 70.4 Å². The van der Waals surface area contributed by atoms with E-state index in [9.17, 15) is 13.2 Å². The fourth-order valence-corrected chi connectivity index (χ4v) is 5.62. The summed E-state index contributed by atoms with van der Waals surface area (Å²) in [6, 6.07) is 17.0. The van der Waals surface area contributed by atoms with E-state index in [4.69, 9.17) is 34.8 Å². The Hall–Kier alpha value is -1.89. The van der Waals surface area contributed by atoms with Gasteiger partial charge in [-0.25, -0.2) is 8.42 Å². The number of hydrogen-bond acceptors (Lipinski definition) is 4. The van der Waals surface area contributed by atoms with Gasteiger partial charge in [-0.2, -0.15) is 0 Å². The summed E-state index contributed by atoms with van der Waals surface area (Å²) in [6.07, 6.45) is 1.15. The van der Waals surface area contributed by atoms with Crippen molar-refractivity contribution < 1.29 is 8.42 Å². The van der Waals surface area contributed by atoms with E-state index in [-0.39, 0.29) is 20.4 Å². The van der Waals surface area contributed by atoms with Gasteiger partial charge in [0.2, 0.25) is 0 Å². The molecule has 0 aliphatic heterocycles. The molecule has 0 N–H and O–H groups in total. The Balaban J connectivity index is 2.08. The van der Waals surface area contributed by atoms with E-state index >= 15 is 0 Å². The molecule has 8 heteroatoms. The maximum absolute atomic E-state index is 13.5. The van der Waals surface area contributed by atoms with Crippen molar-refractivity contribution in [1.29, 1.82) is 0 Å². The van der Waals surface area contributed by atoms with Crippen LogP contribution in [0.2, 0.25) is 15.1 Å². The van der Waals surface area contributed by atoms with Gasteiger partial charge in [0.15, 0.2) is 15.3 Å². The predicted molar refractivity (Wildman–Crippen MR) is 127 cm³/mol. The number of fused-ring (bicyclic) bond motifs is 1. The summed E-state index contributed by atoms with van der Waals surface area (Å²) >= 11 is 20.2. The van der Waals surface area contributed by atoms with E-state index in [1.807, 2.05) is 12.1 Å². The van der Waals surface area contributed by atoms with Crippen molar-refractivity contribution in [2.45, 2.75) is 4.90 Å². The van der Waals surface area contributed by atoms with Crippen LogP contribution in [0.4, 0.5) is 0 Å². The SMILES string of the molecule is CS(=O)(=O)c1ccc(-c2sc3ccccc3c(=O)c2-c2ccc(Cl)c(Cl)c2Cl)cc1. The first-order chi connectivity index (χ1) is 14.2. The summed E-state index contributed by atoms with van der Waals surface area (Å²) < 4.78 is 24.4. The topological polar surface area (TPSA) is 51.2 Å². The summed E-state index contributed by atoms with van der Waals surface area (Å²) in [5, 5.41) is 1.22. The van der Waals surface area contributed by atoms with Gasteiger partial charge in [0.05, 0.1) is 20.0 Å². The first-order valence-electron chi connectivity index (χ1n) is 8.68. The van der Waals surface area contributed by atoms with Crippen LogP contribution in [0.25, 0.3) is 31.7 Å². The van der Waals surface area contributed by atoms with Gasteiger partial charge in [-0.05, 0) is 35.9 Å². The molecule has 3 nitrogen and oxygen atoms in total. The van der Waals surface area contributed by atoms with Crippen LogP contribution in [0.5, 0.6) is 0 Å². The van der Waals surface area contributed by atoms with Crippen LogP contribution in [0.1, 0.15) is 0 Å². The Kier molecular flexibility index (Phi) is 5.68. The molecule has 30 heavy (non-hydrogen) atoms. The van der Waals surface area contributed by atoms with E-state index in [1.54, 1.807) is 36.4 Å². The van der Waals surface area contributed by atoms with Crippen LogP contribution in [0, 0.1) is 0 Å². The lowest BCUT2D eigenvalue weighted by molar-refractivity contribution is 0.602. The highest BCUT2D eigenvalue weighted by atomic mass is 35.5. The molecule has 0 saturated heterocycles. The van der Waals surface area contributed by atoms with Gasteiger partial charge < -0.3 is 0 Å². The highest BCUT2D eigenvalue weighted by Crippen LogP contribution is 2.43. The van der Waals surface area contributed by atoms with Crippen molar-refractivity contribution in [2.75, 3.05) is 6.26 Å². The first-order valence-corrected chi connectivity index (χ1v) is 12.5. The zero-order valence-corrected chi connectivity index (χ0v) is 19.3. The van der Waals surface area contributed by atoms with Crippen molar-refractivity contribution in [3.05, 3.63) is 86.0 Å². The third-order valence-electron chi connectivity index (χ3n) is 4.65. The van der Waals surface area contributed by atoms with Gasteiger partial charge >= 0.3 is 0 Å². The molecular weight excluding hydrogens is 483 g/mol. The number of sulfone groups is 1. The number of hydrogen-bond donors (Lipinski definition) is 0. The number of benzene rings is 3. The Morgan fingerprint density at radius 2 is 1.50 bits per heavy atom. The van der Waals surface area contributed by atoms with Gasteiger partial charge in [0, 0.05) is 32.3 Å². The quantitative estimate of drug-likeness (QED) is 0.289. The molecule has 0 aliphatic carbocycles. The summed E-state index contributed by atoms with van der Waals surface area (Å²) in [5.74, 6) is 0. The van der Waals surface area contributed by atoms with E-state index < -0.39 is 9.84 Å². The van der Waals surface area contributed by atoms with Crippen LogP contribution in [0.3, 0.4) is 0 Å². The molecule has 152 valence electrons. The van der Waals surface area contributed by atoms with Gasteiger partial charge in [0.1, 0.15) is 0 Å². The summed E-state index contributed by atoms with van der Waals surface area (Å²) in [6.45, 7) is 0. The monoisotopic (exact) mass is 494 g/mol. The van der Waals surface area contributed by atoms with Gasteiger partial charge in [-0.1, -0.05) is 65.1 Å².